The second-order valence-corrected chi connectivity index (χ2v) is 4.25. The molecule has 0 aliphatic heterocycles. The van der Waals surface area contributed by atoms with Crippen LogP contribution in [-0.2, 0) is 11.2 Å². The number of halogens is 2. The van der Waals surface area contributed by atoms with E-state index in [1.165, 1.54) is 6.92 Å². The first-order valence-corrected chi connectivity index (χ1v) is 5.23. The van der Waals surface area contributed by atoms with Crippen LogP contribution in [0.4, 0.5) is 0 Å². The van der Waals surface area contributed by atoms with Gasteiger partial charge in [-0.3, -0.25) is 4.79 Å². The van der Waals surface area contributed by atoms with Crippen molar-refractivity contribution in [3.8, 4) is 5.75 Å². The minimum atomic E-state index is 0.0810. The lowest BCUT2D eigenvalue weighted by Gasteiger charge is -2.09. The molecule has 76 valence electrons. The molecule has 0 N–H and O–H groups in total. The van der Waals surface area contributed by atoms with E-state index in [0.717, 1.165) is 10.0 Å². The van der Waals surface area contributed by atoms with Gasteiger partial charge in [-0.25, -0.2) is 0 Å². The fourth-order valence-corrected chi connectivity index (χ4v) is 2.28. The molecule has 0 radical (unpaired) electrons. The number of ether oxygens (including phenoxy) is 1. The van der Waals surface area contributed by atoms with Gasteiger partial charge in [-0.15, -0.1) is 0 Å². The zero-order valence-electron chi connectivity index (χ0n) is 7.93. The average molecular weight is 278 g/mol. The standard InChI is InChI=1S/C10H10BrClO2/c1-6(13)3-7-4-8(12)5-9(11)10(7)14-2/h4-5H,3H2,1-2H3. The third kappa shape index (κ3) is 2.72. The summed E-state index contributed by atoms with van der Waals surface area (Å²) in [5.41, 5.74) is 0.805. The van der Waals surface area contributed by atoms with Crippen LogP contribution in [-0.4, -0.2) is 12.9 Å². The fraction of sp³-hybridized carbons (Fsp3) is 0.300. The van der Waals surface area contributed by atoms with Crippen molar-refractivity contribution in [3.05, 3.63) is 27.2 Å². The minimum Gasteiger partial charge on any atom is -0.495 e. The van der Waals surface area contributed by atoms with E-state index in [9.17, 15) is 4.79 Å². The lowest BCUT2D eigenvalue weighted by atomic mass is 10.1. The number of rotatable bonds is 3. The Morgan fingerprint density at radius 2 is 2.21 bits per heavy atom. The van der Waals surface area contributed by atoms with Gasteiger partial charge < -0.3 is 4.74 Å². The number of Topliss-reactive ketones (excluding diaryl/α,β-unsaturated/α-hetero) is 1. The zero-order valence-corrected chi connectivity index (χ0v) is 10.3. The molecule has 1 aromatic carbocycles. The van der Waals surface area contributed by atoms with Crippen LogP contribution < -0.4 is 4.74 Å². The van der Waals surface area contributed by atoms with E-state index < -0.39 is 0 Å². The van der Waals surface area contributed by atoms with Crippen LogP contribution in [0.1, 0.15) is 12.5 Å². The summed E-state index contributed by atoms with van der Waals surface area (Å²) in [6.07, 6.45) is 0.336. The monoisotopic (exact) mass is 276 g/mol. The van der Waals surface area contributed by atoms with Gasteiger partial charge in [0.05, 0.1) is 11.6 Å². The third-order valence-corrected chi connectivity index (χ3v) is 2.54. The number of ketones is 1. The molecule has 1 rings (SSSR count). The Kier molecular flexibility index (Phi) is 3.96. The third-order valence-electron chi connectivity index (χ3n) is 1.73. The predicted octanol–water partition coefficient (Wildman–Crippen LogP) is 3.24. The molecule has 0 fully saturated rings. The Hall–Kier alpha value is -0.540. The second-order valence-electron chi connectivity index (χ2n) is 2.96. The van der Waals surface area contributed by atoms with Gasteiger partial charge in [0.1, 0.15) is 11.5 Å². The number of hydrogen-bond donors (Lipinski definition) is 0. The molecule has 0 unspecified atom stereocenters. The van der Waals surface area contributed by atoms with E-state index in [2.05, 4.69) is 15.9 Å². The van der Waals surface area contributed by atoms with Crippen molar-refractivity contribution in [1.29, 1.82) is 0 Å². The number of carbonyl (C=O) groups excluding carboxylic acids is 1. The molecule has 0 aliphatic rings. The predicted molar refractivity (Wildman–Crippen MR) is 60.1 cm³/mol. The van der Waals surface area contributed by atoms with Crippen LogP contribution in [0, 0.1) is 0 Å². The Bertz CT molecular complexity index is 363. The maximum Gasteiger partial charge on any atom is 0.136 e. The highest BCUT2D eigenvalue weighted by atomic mass is 79.9. The molecule has 0 aliphatic carbocycles. The lowest BCUT2D eigenvalue weighted by Crippen LogP contribution is -2.00. The average Bonchev–Trinajstić information content (AvgIpc) is 2.01. The molecule has 0 aromatic heterocycles. The number of hydrogen-bond acceptors (Lipinski definition) is 2. The van der Waals surface area contributed by atoms with Crippen LogP contribution >= 0.6 is 27.5 Å². The maximum absolute atomic E-state index is 11.0. The summed E-state index contributed by atoms with van der Waals surface area (Å²) in [7, 11) is 1.57. The van der Waals surface area contributed by atoms with E-state index in [1.54, 1.807) is 19.2 Å². The fourth-order valence-electron chi connectivity index (χ4n) is 1.24. The summed E-state index contributed by atoms with van der Waals surface area (Å²) in [5, 5.41) is 0.592. The number of carbonyl (C=O) groups is 1. The van der Waals surface area contributed by atoms with Gasteiger partial charge in [-0.2, -0.15) is 0 Å². The van der Waals surface area contributed by atoms with E-state index in [1.807, 2.05) is 0 Å². The molecular weight excluding hydrogens is 267 g/mol. The van der Waals surface area contributed by atoms with E-state index in [-0.39, 0.29) is 5.78 Å². The Labute approximate surface area is 96.3 Å². The van der Waals surface area contributed by atoms with Gasteiger partial charge in [-0.1, -0.05) is 11.6 Å². The van der Waals surface area contributed by atoms with Gasteiger partial charge in [0.25, 0.3) is 0 Å². The van der Waals surface area contributed by atoms with Crippen molar-refractivity contribution in [2.45, 2.75) is 13.3 Å². The molecule has 1 aromatic rings. The molecule has 0 amide bonds. The Balaban J connectivity index is 3.17. The van der Waals surface area contributed by atoms with Crippen LogP contribution in [0.2, 0.25) is 5.02 Å². The van der Waals surface area contributed by atoms with Crippen LogP contribution in [0.25, 0.3) is 0 Å². The SMILES string of the molecule is COc1c(Br)cc(Cl)cc1CC(C)=O. The van der Waals surface area contributed by atoms with Crippen molar-refractivity contribution >= 4 is 33.3 Å². The summed E-state index contributed by atoms with van der Waals surface area (Å²) in [4.78, 5) is 11.0. The highest BCUT2D eigenvalue weighted by Crippen LogP contribution is 2.32. The largest absolute Gasteiger partial charge is 0.495 e. The summed E-state index contributed by atoms with van der Waals surface area (Å²) in [5.74, 6) is 0.752. The van der Waals surface area contributed by atoms with E-state index >= 15 is 0 Å². The van der Waals surface area contributed by atoms with Crippen molar-refractivity contribution in [1.82, 2.24) is 0 Å². The van der Waals surface area contributed by atoms with Crippen molar-refractivity contribution in [2.75, 3.05) is 7.11 Å². The van der Waals surface area contributed by atoms with Crippen LogP contribution in [0.5, 0.6) is 5.75 Å². The first kappa shape index (κ1) is 11.5. The highest BCUT2D eigenvalue weighted by Gasteiger charge is 2.10. The molecular formula is C10H10BrClO2. The molecule has 0 bridgehead atoms. The topological polar surface area (TPSA) is 26.3 Å². The van der Waals surface area contributed by atoms with E-state index in [4.69, 9.17) is 16.3 Å². The number of benzene rings is 1. The molecule has 0 spiro atoms. The lowest BCUT2D eigenvalue weighted by molar-refractivity contribution is -0.116. The molecule has 14 heavy (non-hydrogen) atoms. The first-order chi connectivity index (χ1) is 6.54. The van der Waals surface area contributed by atoms with Crippen molar-refractivity contribution in [2.24, 2.45) is 0 Å². The molecule has 4 heteroatoms. The van der Waals surface area contributed by atoms with Crippen molar-refractivity contribution < 1.29 is 9.53 Å². The van der Waals surface area contributed by atoms with Crippen LogP contribution in [0.3, 0.4) is 0 Å². The molecule has 0 atom stereocenters. The summed E-state index contributed by atoms with van der Waals surface area (Å²) in [6, 6.07) is 3.48. The van der Waals surface area contributed by atoms with E-state index in [0.29, 0.717) is 17.2 Å². The molecule has 0 heterocycles. The van der Waals surface area contributed by atoms with Gasteiger partial charge >= 0.3 is 0 Å². The quantitative estimate of drug-likeness (QED) is 0.848. The number of methoxy groups -OCH3 is 1. The smallest absolute Gasteiger partial charge is 0.136 e. The van der Waals surface area contributed by atoms with Gasteiger partial charge in [0.15, 0.2) is 0 Å². The highest BCUT2D eigenvalue weighted by molar-refractivity contribution is 9.10. The van der Waals surface area contributed by atoms with Gasteiger partial charge in [-0.05, 0) is 35.0 Å². The summed E-state index contributed by atoms with van der Waals surface area (Å²) in [6.45, 7) is 1.54. The van der Waals surface area contributed by atoms with Gasteiger partial charge in [0.2, 0.25) is 0 Å². The Morgan fingerprint density at radius 3 is 2.71 bits per heavy atom. The molecule has 2 nitrogen and oxygen atoms in total. The molecule has 0 saturated heterocycles. The molecule has 0 saturated carbocycles. The normalized spacial score (nSPS) is 10.0. The van der Waals surface area contributed by atoms with Crippen molar-refractivity contribution in [3.63, 3.8) is 0 Å². The van der Waals surface area contributed by atoms with Gasteiger partial charge in [0, 0.05) is 17.0 Å². The zero-order chi connectivity index (χ0) is 10.7. The first-order valence-electron chi connectivity index (χ1n) is 4.06. The van der Waals surface area contributed by atoms with Crippen LogP contribution in [0.15, 0.2) is 16.6 Å². The summed E-state index contributed by atoms with van der Waals surface area (Å²) >= 11 is 9.19. The minimum absolute atomic E-state index is 0.0810. The second kappa shape index (κ2) is 4.80. The summed E-state index contributed by atoms with van der Waals surface area (Å²) < 4.78 is 5.94. The Morgan fingerprint density at radius 1 is 1.57 bits per heavy atom. The maximum atomic E-state index is 11.0.